The van der Waals surface area contributed by atoms with Gasteiger partial charge < -0.3 is 4.74 Å². The molecule has 0 bridgehead atoms. The minimum Gasteiger partial charge on any atom is -0.381 e. The number of halogens is 1. The van der Waals surface area contributed by atoms with Crippen LogP contribution in [0, 0.1) is 11.3 Å². The Bertz CT molecular complexity index is 150. The summed E-state index contributed by atoms with van der Waals surface area (Å²) in [6, 6.07) is 0. The lowest BCUT2D eigenvalue weighted by atomic mass is 9.93. The molecule has 1 aliphatic heterocycles. The maximum atomic E-state index is 5.37. The van der Waals surface area contributed by atoms with Gasteiger partial charge in [-0.2, -0.15) is 0 Å². The van der Waals surface area contributed by atoms with Gasteiger partial charge in [-0.25, -0.2) is 0 Å². The fourth-order valence-electron chi connectivity index (χ4n) is 2.38. The second-order valence-electron chi connectivity index (χ2n) is 3.96. The van der Waals surface area contributed by atoms with E-state index in [0.717, 1.165) is 28.5 Å². The molecule has 0 radical (unpaired) electrons. The van der Waals surface area contributed by atoms with Crippen LogP contribution in [0.15, 0.2) is 0 Å². The van der Waals surface area contributed by atoms with E-state index in [1.165, 1.54) is 19.3 Å². The molecule has 2 fully saturated rings. The molecule has 0 aromatic rings. The summed E-state index contributed by atoms with van der Waals surface area (Å²) >= 11 is 2.57. The highest BCUT2D eigenvalue weighted by Crippen LogP contribution is 2.61. The van der Waals surface area contributed by atoms with Crippen molar-refractivity contribution in [3.8, 4) is 0 Å². The third-order valence-corrected chi connectivity index (χ3v) is 4.16. The van der Waals surface area contributed by atoms with Crippen LogP contribution in [0.5, 0.6) is 0 Å². The predicted octanol–water partition coefficient (Wildman–Crippen LogP) is 2.63. The Morgan fingerprint density at radius 1 is 1.45 bits per heavy atom. The summed E-state index contributed by atoms with van der Waals surface area (Å²) in [6.45, 7) is 4.37. The van der Waals surface area contributed by atoms with Crippen LogP contribution in [0.1, 0.15) is 26.2 Å². The molecular weight excluding hydrogens is 251 g/mol. The van der Waals surface area contributed by atoms with Crippen LogP contribution in [-0.4, -0.2) is 17.1 Å². The normalized spacial score (nSPS) is 37.1. The third kappa shape index (κ3) is 1.44. The standard InChI is InChI=1S/C9H15IO/c1-7(10)8-6-9(8)2-4-11-5-3-9/h7-8H,2-6H2,1H3. The zero-order valence-electron chi connectivity index (χ0n) is 6.98. The van der Waals surface area contributed by atoms with Crippen LogP contribution in [0.3, 0.4) is 0 Å². The van der Waals surface area contributed by atoms with E-state index in [1.54, 1.807) is 0 Å². The first-order valence-corrected chi connectivity index (χ1v) is 5.71. The van der Waals surface area contributed by atoms with E-state index < -0.39 is 0 Å². The highest BCUT2D eigenvalue weighted by atomic mass is 127. The molecule has 1 saturated heterocycles. The van der Waals surface area contributed by atoms with Crippen LogP contribution < -0.4 is 0 Å². The van der Waals surface area contributed by atoms with Gasteiger partial charge in [-0.1, -0.05) is 29.5 Å². The largest absolute Gasteiger partial charge is 0.381 e. The molecular formula is C9H15IO. The molecule has 11 heavy (non-hydrogen) atoms. The lowest BCUT2D eigenvalue weighted by Gasteiger charge is -2.23. The first-order chi connectivity index (χ1) is 5.25. The molecule has 0 aromatic carbocycles. The SMILES string of the molecule is CC(I)C1CC12CCOCC2. The number of hydrogen-bond donors (Lipinski definition) is 0. The van der Waals surface area contributed by atoms with Gasteiger partial charge in [0.15, 0.2) is 0 Å². The zero-order valence-corrected chi connectivity index (χ0v) is 9.13. The van der Waals surface area contributed by atoms with Crippen LogP contribution >= 0.6 is 22.6 Å². The van der Waals surface area contributed by atoms with Crippen LogP contribution in [0.2, 0.25) is 0 Å². The molecule has 1 saturated carbocycles. The van der Waals surface area contributed by atoms with Crippen molar-refractivity contribution in [2.24, 2.45) is 11.3 Å². The quantitative estimate of drug-likeness (QED) is 0.523. The fourth-order valence-corrected chi connectivity index (χ4v) is 3.40. The smallest absolute Gasteiger partial charge is 0.0471 e. The van der Waals surface area contributed by atoms with Gasteiger partial charge in [0, 0.05) is 17.1 Å². The molecule has 1 spiro atoms. The van der Waals surface area contributed by atoms with Gasteiger partial charge >= 0.3 is 0 Å². The molecule has 2 aliphatic rings. The van der Waals surface area contributed by atoms with E-state index in [2.05, 4.69) is 29.5 Å². The minimum atomic E-state index is 0.735. The van der Waals surface area contributed by atoms with Gasteiger partial charge in [0.25, 0.3) is 0 Å². The molecule has 2 heteroatoms. The summed E-state index contributed by atoms with van der Waals surface area (Å²) in [6.07, 6.45) is 4.12. The Morgan fingerprint density at radius 2 is 2.09 bits per heavy atom. The third-order valence-electron chi connectivity index (χ3n) is 3.30. The van der Waals surface area contributed by atoms with E-state index in [4.69, 9.17) is 4.74 Å². The van der Waals surface area contributed by atoms with Gasteiger partial charge in [0.2, 0.25) is 0 Å². The van der Waals surface area contributed by atoms with E-state index in [9.17, 15) is 0 Å². The van der Waals surface area contributed by atoms with Crippen LogP contribution in [0.25, 0.3) is 0 Å². The molecule has 2 atom stereocenters. The van der Waals surface area contributed by atoms with Gasteiger partial charge in [0.1, 0.15) is 0 Å². The fraction of sp³-hybridized carbons (Fsp3) is 1.00. The summed E-state index contributed by atoms with van der Waals surface area (Å²) < 4.78 is 6.24. The Balaban J connectivity index is 1.93. The summed E-state index contributed by atoms with van der Waals surface area (Å²) in [5.41, 5.74) is 0.735. The maximum absolute atomic E-state index is 5.37. The Kier molecular flexibility index (Phi) is 2.17. The minimum absolute atomic E-state index is 0.735. The number of rotatable bonds is 1. The van der Waals surface area contributed by atoms with Crippen LogP contribution in [0.4, 0.5) is 0 Å². The van der Waals surface area contributed by atoms with Gasteiger partial charge in [-0.05, 0) is 30.6 Å². The number of ether oxygens (including phenoxy) is 1. The number of alkyl halides is 1. The van der Waals surface area contributed by atoms with Crippen molar-refractivity contribution in [1.29, 1.82) is 0 Å². The van der Waals surface area contributed by atoms with Gasteiger partial charge in [0.05, 0.1) is 0 Å². The summed E-state index contributed by atoms with van der Waals surface area (Å²) in [4.78, 5) is 0. The average Bonchev–Trinajstić information content (AvgIpc) is 2.66. The van der Waals surface area contributed by atoms with E-state index in [-0.39, 0.29) is 0 Å². The molecule has 2 unspecified atom stereocenters. The maximum Gasteiger partial charge on any atom is 0.0471 e. The van der Waals surface area contributed by atoms with E-state index in [1.807, 2.05) is 0 Å². The lowest BCUT2D eigenvalue weighted by molar-refractivity contribution is 0.0523. The predicted molar refractivity (Wildman–Crippen MR) is 54.1 cm³/mol. The van der Waals surface area contributed by atoms with Gasteiger partial charge in [-0.3, -0.25) is 0 Å². The van der Waals surface area contributed by atoms with Crippen molar-refractivity contribution in [3.05, 3.63) is 0 Å². The Hall–Kier alpha value is 0.690. The highest BCUT2D eigenvalue weighted by molar-refractivity contribution is 14.1. The van der Waals surface area contributed by atoms with Crippen LogP contribution in [-0.2, 0) is 4.74 Å². The molecule has 64 valence electrons. The van der Waals surface area contributed by atoms with Crippen molar-refractivity contribution in [3.63, 3.8) is 0 Å². The van der Waals surface area contributed by atoms with Crippen molar-refractivity contribution in [2.75, 3.05) is 13.2 Å². The molecule has 2 rings (SSSR count). The molecule has 1 heterocycles. The highest BCUT2D eigenvalue weighted by Gasteiger charge is 2.55. The first kappa shape index (κ1) is 8.30. The average molecular weight is 266 g/mol. The van der Waals surface area contributed by atoms with Crippen molar-refractivity contribution < 1.29 is 4.74 Å². The zero-order chi connectivity index (χ0) is 7.90. The Morgan fingerprint density at radius 3 is 2.55 bits per heavy atom. The van der Waals surface area contributed by atoms with E-state index >= 15 is 0 Å². The monoisotopic (exact) mass is 266 g/mol. The molecule has 1 aliphatic carbocycles. The summed E-state index contributed by atoms with van der Waals surface area (Å²) in [5.74, 6) is 1.01. The topological polar surface area (TPSA) is 9.23 Å². The first-order valence-electron chi connectivity index (χ1n) is 4.46. The van der Waals surface area contributed by atoms with Crippen molar-refractivity contribution >= 4 is 22.6 Å². The lowest BCUT2D eigenvalue weighted by Crippen LogP contribution is -2.20. The Labute approximate surface area is 82.0 Å². The van der Waals surface area contributed by atoms with Crippen molar-refractivity contribution in [2.45, 2.75) is 30.1 Å². The molecule has 0 N–H and O–H groups in total. The summed E-state index contributed by atoms with van der Waals surface area (Å²) in [7, 11) is 0. The van der Waals surface area contributed by atoms with E-state index in [0.29, 0.717) is 0 Å². The molecule has 1 nitrogen and oxygen atoms in total. The van der Waals surface area contributed by atoms with Crippen molar-refractivity contribution in [1.82, 2.24) is 0 Å². The van der Waals surface area contributed by atoms with Gasteiger partial charge in [-0.15, -0.1) is 0 Å². The second-order valence-corrected chi connectivity index (χ2v) is 5.93. The molecule has 0 aromatic heterocycles. The second kappa shape index (κ2) is 2.87. The molecule has 0 amide bonds. The number of hydrogen-bond acceptors (Lipinski definition) is 1. The summed E-state index contributed by atoms with van der Waals surface area (Å²) in [5, 5.41) is 0.